The lowest BCUT2D eigenvalue weighted by molar-refractivity contribution is 0.344. The summed E-state index contributed by atoms with van der Waals surface area (Å²) in [5.74, 6) is 1.48. The number of H-pyrrole nitrogens is 1. The highest BCUT2D eigenvalue weighted by molar-refractivity contribution is 6.14. The molecule has 0 radical (unpaired) electrons. The van der Waals surface area contributed by atoms with Crippen LogP contribution >= 0.6 is 0 Å². The maximum Gasteiger partial charge on any atom is 0.326 e. The molecule has 0 unspecified atom stereocenters. The van der Waals surface area contributed by atoms with E-state index in [2.05, 4.69) is 25.2 Å². The van der Waals surface area contributed by atoms with E-state index >= 15 is 0 Å². The summed E-state index contributed by atoms with van der Waals surface area (Å²) in [6.07, 6.45) is 6.55. The maximum absolute atomic E-state index is 14.5. The van der Waals surface area contributed by atoms with Gasteiger partial charge in [-0.1, -0.05) is 0 Å². The molecule has 7 rings (SSSR count). The SMILES string of the molecule is CNc1cc(F)cc2c1[nH]c1nc(Oc3cnc4c(c3)OC=CO4)nc(N3C[C@H](N)C4(CC4)C3)c12. The van der Waals surface area contributed by atoms with Gasteiger partial charge >= 0.3 is 6.01 Å². The first-order chi connectivity index (χ1) is 17.0. The molecule has 178 valence electrons. The number of hydrogen-bond donors (Lipinski definition) is 3. The molecule has 35 heavy (non-hydrogen) atoms. The van der Waals surface area contributed by atoms with Crippen LogP contribution in [0.4, 0.5) is 15.9 Å². The van der Waals surface area contributed by atoms with Gasteiger partial charge in [-0.2, -0.15) is 9.97 Å². The van der Waals surface area contributed by atoms with Gasteiger partial charge in [0.1, 0.15) is 29.8 Å². The monoisotopic (exact) mass is 475 g/mol. The van der Waals surface area contributed by atoms with Crippen molar-refractivity contribution in [2.75, 3.05) is 30.4 Å². The number of aromatic amines is 1. The van der Waals surface area contributed by atoms with Crippen LogP contribution in [0.2, 0.25) is 0 Å². The highest BCUT2D eigenvalue weighted by Gasteiger charge is 2.54. The summed E-state index contributed by atoms with van der Waals surface area (Å²) in [6.45, 7) is 1.45. The Bertz CT molecular complexity index is 1530. The maximum atomic E-state index is 14.5. The lowest BCUT2D eigenvalue weighted by Crippen LogP contribution is -2.30. The van der Waals surface area contributed by atoms with Gasteiger partial charge in [-0.15, -0.1) is 0 Å². The molecule has 3 aliphatic rings. The van der Waals surface area contributed by atoms with Gasteiger partial charge in [0.05, 0.1) is 22.8 Å². The van der Waals surface area contributed by atoms with Crippen molar-refractivity contribution in [3.63, 3.8) is 0 Å². The first-order valence-electron chi connectivity index (χ1n) is 11.4. The van der Waals surface area contributed by atoms with Gasteiger partial charge in [0, 0.05) is 43.0 Å². The molecule has 10 nitrogen and oxygen atoms in total. The molecule has 3 aromatic heterocycles. The van der Waals surface area contributed by atoms with Gasteiger partial charge < -0.3 is 35.1 Å². The lowest BCUT2D eigenvalue weighted by atomic mass is 10.0. The standard InChI is InChI=1S/C24H22FN7O3/c1-27-15-7-12(25)6-14-18-20(29-19(14)15)30-23(31-21(18)32-10-17(26)24(11-32)2-3-24)35-13-8-16-22(28-9-13)34-5-4-33-16/h4-9,17,27H,2-3,10-11,26H2,1H3,(H,29,30,31)/t17-/m0/s1. The summed E-state index contributed by atoms with van der Waals surface area (Å²) >= 11 is 0. The fourth-order valence-corrected chi connectivity index (χ4v) is 5.08. The third-order valence-corrected chi connectivity index (χ3v) is 7.09. The summed E-state index contributed by atoms with van der Waals surface area (Å²) in [6, 6.07) is 4.79. The predicted octanol–water partition coefficient (Wildman–Crippen LogP) is 3.65. The topological polar surface area (TPSA) is 123 Å². The molecule has 1 saturated carbocycles. The average molecular weight is 475 g/mol. The number of aromatic nitrogens is 4. The van der Waals surface area contributed by atoms with Crippen molar-refractivity contribution >= 4 is 33.4 Å². The quantitative estimate of drug-likeness (QED) is 0.406. The van der Waals surface area contributed by atoms with Gasteiger partial charge in [-0.25, -0.2) is 9.37 Å². The highest BCUT2D eigenvalue weighted by Crippen LogP contribution is 2.53. The van der Waals surface area contributed by atoms with Crippen molar-refractivity contribution in [1.82, 2.24) is 19.9 Å². The molecule has 1 atom stereocenters. The average Bonchev–Trinajstić information content (AvgIpc) is 3.45. The second kappa shape index (κ2) is 7.19. The Hall–Kier alpha value is -4.12. The van der Waals surface area contributed by atoms with E-state index in [1.807, 2.05) is 0 Å². The summed E-state index contributed by atoms with van der Waals surface area (Å²) < 4.78 is 31.3. The van der Waals surface area contributed by atoms with Crippen LogP contribution in [-0.4, -0.2) is 46.1 Å². The van der Waals surface area contributed by atoms with Gasteiger partial charge in [0.15, 0.2) is 11.5 Å². The zero-order chi connectivity index (χ0) is 23.7. The molecule has 0 amide bonds. The molecule has 0 bridgehead atoms. The van der Waals surface area contributed by atoms with Gasteiger partial charge in [0.25, 0.3) is 5.88 Å². The van der Waals surface area contributed by atoms with E-state index in [0.717, 1.165) is 30.3 Å². The van der Waals surface area contributed by atoms with Crippen LogP contribution in [0.3, 0.4) is 0 Å². The third-order valence-electron chi connectivity index (χ3n) is 7.09. The molecule has 1 spiro atoms. The Labute approximate surface area is 198 Å². The van der Waals surface area contributed by atoms with Crippen molar-refractivity contribution < 1.29 is 18.6 Å². The van der Waals surface area contributed by atoms with Crippen LogP contribution in [0.1, 0.15) is 12.8 Å². The van der Waals surface area contributed by atoms with Gasteiger partial charge in [-0.3, -0.25) is 0 Å². The summed E-state index contributed by atoms with van der Waals surface area (Å²) in [5.41, 5.74) is 8.54. The number of nitrogens with one attached hydrogen (secondary N) is 2. The molecule has 1 aliphatic carbocycles. The fourth-order valence-electron chi connectivity index (χ4n) is 5.08. The minimum Gasteiger partial charge on any atom is -0.456 e. The number of hydrogen-bond acceptors (Lipinski definition) is 9. The molecule has 1 aromatic carbocycles. The van der Waals surface area contributed by atoms with E-state index in [4.69, 9.17) is 24.9 Å². The third kappa shape index (κ3) is 3.15. The molecule has 2 fully saturated rings. The zero-order valence-corrected chi connectivity index (χ0v) is 18.8. The first-order valence-corrected chi connectivity index (χ1v) is 11.4. The number of nitrogens with zero attached hydrogens (tertiary/aromatic N) is 4. The van der Waals surface area contributed by atoms with E-state index in [9.17, 15) is 4.39 Å². The number of fused-ring (bicyclic) bond motifs is 4. The second-order valence-corrected chi connectivity index (χ2v) is 9.24. The number of ether oxygens (including phenoxy) is 3. The van der Waals surface area contributed by atoms with Crippen LogP contribution < -0.4 is 30.2 Å². The van der Waals surface area contributed by atoms with Crippen molar-refractivity contribution in [1.29, 1.82) is 0 Å². The number of rotatable bonds is 4. The predicted molar refractivity (Wildman–Crippen MR) is 127 cm³/mol. The summed E-state index contributed by atoms with van der Waals surface area (Å²) in [7, 11) is 1.75. The van der Waals surface area contributed by atoms with Crippen LogP contribution in [0.25, 0.3) is 21.9 Å². The van der Waals surface area contributed by atoms with Gasteiger partial charge in [-0.05, 0) is 25.0 Å². The van der Waals surface area contributed by atoms with Crippen molar-refractivity contribution in [2.45, 2.75) is 18.9 Å². The first kappa shape index (κ1) is 20.3. The number of anilines is 2. The number of halogens is 1. The van der Waals surface area contributed by atoms with Crippen molar-refractivity contribution in [3.8, 4) is 23.4 Å². The molecule has 4 aromatic rings. The lowest BCUT2D eigenvalue weighted by Gasteiger charge is -2.19. The Kier molecular flexibility index (Phi) is 4.16. The summed E-state index contributed by atoms with van der Waals surface area (Å²) in [4.78, 5) is 19.1. The van der Waals surface area contributed by atoms with Crippen molar-refractivity contribution in [2.24, 2.45) is 11.1 Å². The van der Waals surface area contributed by atoms with Crippen molar-refractivity contribution in [3.05, 3.63) is 42.7 Å². The summed E-state index contributed by atoms with van der Waals surface area (Å²) in [5, 5.41) is 4.48. The van der Waals surface area contributed by atoms with E-state index in [0.29, 0.717) is 46.5 Å². The van der Waals surface area contributed by atoms with Crippen LogP contribution in [0.5, 0.6) is 23.4 Å². The molecule has 4 N–H and O–H groups in total. The molecular weight excluding hydrogens is 453 g/mol. The minimum atomic E-state index is -0.345. The molecule has 5 heterocycles. The van der Waals surface area contributed by atoms with Crippen LogP contribution in [0, 0.1) is 11.2 Å². The Morgan fingerprint density at radius 1 is 1.23 bits per heavy atom. The Morgan fingerprint density at radius 3 is 2.89 bits per heavy atom. The van der Waals surface area contributed by atoms with Crippen LogP contribution in [0.15, 0.2) is 36.9 Å². The second-order valence-electron chi connectivity index (χ2n) is 9.24. The molecule has 11 heteroatoms. The normalized spacial score (nSPS) is 19.6. The Morgan fingerprint density at radius 2 is 2.09 bits per heavy atom. The van der Waals surface area contributed by atoms with E-state index in [-0.39, 0.29) is 23.3 Å². The van der Waals surface area contributed by atoms with Crippen LogP contribution in [-0.2, 0) is 0 Å². The van der Waals surface area contributed by atoms with Gasteiger partial charge in [0.2, 0.25) is 0 Å². The van der Waals surface area contributed by atoms with E-state index in [1.54, 1.807) is 13.1 Å². The largest absolute Gasteiger partial charge is 0.456 e. The number of benzene rings is 1. The minimum absolute atomic E-state index is 0.0572. The molecular formula is C24H22FN7O3. The molecule has 1 saturated heterocycles. The number of nitrogens with two attached hydrogens (primary N) is 1. The van der Waals surface area contributed by atoms with E-state index < -0.39 is 0 Å². The molecule has 2 aliphatic heterocycles. The fraction of sp³-hybridized carbons (Fsp3) is 0.292. The smallest absolute Gasteiger partial charge is 0.326 e. The highest BCUT2D eigenvalue weighted by atomic mass is 19.1. The zero-order valence-electron chi connectivity index (χ0n) is 18.8. The van der Waals surface area contributed by atoms with E-state index in [1.165, 1.54) is 30.9 Å². The number of pyridine rings is 1. The Balaban J connectivity index is 1.38.